The fourth-order valence-electron chi connectivity index (χ4n) is 4.28. The van der Waals surface area contributed by atoms with Crippen LogP contribution >= 0.6 is 0 Å². The summed E-state index contributed by atoms with van der Waals surface area (Å²) >= 11 is 0. The second-order valence-corrected chi connectivity index (χ2v) is 8.12. The van der Waals surface area contributed by atoms with E-state index in [1.54, 1.807) is 12.1 Å². The SMILES string of the molecule is C=Nc1ccc(C2CCC(c3ccc(OC(=O)c4ccc(C)cc4)cc3)CC2)cc1. The van der Waals surface area contributed by atoms with E-state index < -0.39 is 0 Å². The maximum atomic E-state index is 12.3. The van der Waals surface area contributed by atoms with Gasteiger partial charge in [-0.1, -0.05) is 42.0 Å². The zero-order valence-corrected chi connectivity index (χ0v) is 17.4. The van der Waals surface area contributed by atoms with Crippen LogP contribution in [0.3, 0.4) is 0 Å². The van der Waals surface area contributed by atoms with Gasteiger partial charge in [0.2, 0.25) is 0 Å². The number of nitrogens with zero attached hydrogens (tertiary/aromatic N) is 1. The van der Waals surface area contributed by atoms with Crippen molar-refractivity contribution < 1.29 is 9.53 Å². The van der Waals surface area contributed by atoms with Gasteiger partial charge < -0.3 is 4.74 Å². The van der Waals surface area contributed by atoms with Crippen LogP contribution in [-0.4, -0.2) is 12.7 Å². The van der Waals surface area contributed by atoms with Gasteiger partial charge in [0.15, 0.2) is 0 Å². The molecule has 0 unspecified atom stereocenters. The average Bonchev–Trinajstić information content (AvgIpc) is 2.80. The monoisotopic (exact) mass is 397 g/mol. The van der Waals surface area contributed by atoms with E-state index in [1.807, 2.05) is 43.3 Å². The van der Waals surface area contributed by atoms with Crippen molar-refractivity contribution in [3.05, 3.63) is 95.1 Å². The number of aliphatic imine (C=N–C) groups is 1. The molecule has 0 bridgehead atoms. The number of benzene rings is 3. The van der Waals surface area contributed by atoms with Gasteiger partial charge >= 0.3 is 5.97 Å². The topological polar surface area (TPSA) is 38.7 Å². The van der Waals surface area contributed by atoms with Crippen molar-refractivity contribution in [1.82, 2.24) is 0 Å². The molecular weight excluding hydrogens is 370 g/mol. The van der Waals surface area contributed by atoms with Gasteiger partial charge in [-0.2, -0.15) is 0 Å². The molecule has 3 nitrogen and oxygen atoms in total. The first-order chi connectivity index (χ1) is 14.6. The lowest BCUT2D eigenvalue weighted by Gasteiger charge is -2.29. The molecule has 1 fully saturated rings. The van der Waals surface area contributed by atoms with Crippen LogP contribution in [0.4, 0.5) is 5.69 Å². The zero-order chi connectivity index (χ0) is 20.9. The van der Waals surface area contributed by atoms with Crippen molar-refractivity contribution in [2.45, 2.75) is 44.4 Å². The molecule has 0 aromatic heterocycles. The Labute approximate surface area is 178 Å². The number of hydrogen-bond donors (Lipinski definition) is 0. The summed E-state index contributed by atoms with van der Waals surface area (Å²) in [5.41, 5.74) is 5.35. The molecule has 3 aromatic rings. The zero-order valence-electron chi connectivity index (χ0n) is 17.4. The molecule has 1 saturated carbocycles. The summed E-state index contributed by atoms with van der Waals surface area (Å²) in [6, 6.07) is 23.9. The van der Waals surface area contributed by atoms with Crippen LogP contribution in [-0.2, 0) is 0 Å². The molecule has 0 atom stereocenters. The standard InChI is InChI=1S/C27H27NO2/c1-19-3-5-24(6-4-19)27(29)30-26-17-13-23(14-18-26)21-9-7-20(8-10-21)22-11-15-25(28-2)16-12-22/h3-6,11-18,20-21H,2,7-10H2,1H3. The number of rotatable bonds is 5. The predicted octanol–water partition coefficient (Wildman–Crippen LogP) is 6.99. The Balaban J connectivity index is 1.33. The van der Waals surface area contributed by atoms with E-state index in [2.05, 4.69) is 36.0 Å². The highest BCUT2D eigenvalue weighted by Gasteiger charge is 2.23. The van der Waals surface area contributed by atoms with Crippen LogP contribution < -0.4 is 4.74 Å². The van der Waals surface area contributed by atoms with E-state index in [0.717, 1.165) is 11.3 Å². The highest BCUT2D eigenvalue weighted by Crippen LogP contribution is 2.41. The summed E-state index contributed by atoms with van der Waals surface area (Å²) in [6.45, 7) is 5.58. The first-order valence-electron chi connectivity index (χ1n) is 10.6. The van der Waals surface area contributed by atoms with Crippen LogP contribution in [0.5, 0.6) is 5.75 Å². The van der Waals surface area contributed by atoms with Crippen molar-refractivity contribution >= 4 is 18.4 Å². The lowest BCUT2D eigenvalue weighted by atomic mass is 9.76. The Kier molecular flexibility index (Phi) is 6.08. The van der Waals surface area contributed by atoms with Crippen molar-refractivity contribution in [1.29, 1.82) is 0 Å². The molecule has 0 heterocycles. The summed E-state index contributed by atoms with van der Waals surface area (Å²) in [6.07, 6.45) is 4.73. The van der Waals surface area contributed by atoms with Gasteiger partial charge in [0.05, 0.1) is 11.3 Å². The molecule has 152 valence electrons. The number of carbonyl (C=O) groups is 1. The van der Waals surface area contributed by atoms with Crippen LogP contribution in [0.2, 0.25) is 0 Å². The Hall–Kier alpha value is -3.20. The smallest absolute Gasteiger partial charge is 0.343 e. The minimum Gasteiger partial charge on any atom is -0.423 e. The summed E-state index contributed by atoms with van der Waals surface area (Å²) in [5.74, 6) is 1.46. The quantitative estimate of drug-likeness (QED) is 0.264. The molecular formula is C27H27NO2. The van der Waals surface area contributed by atoms with E-state index in [9.17, 15) is 4.79 Å². The van der Waals surface area contributed by atoms with Gasteiger partial charge in [-0.25, -0.2) is 4.79 Å². The Morgan fingerprint density at radius 3 is 1.80 bits per heavy atom. The minimum absolute atomic E-state index is 0.319. The maximum Gasteiger partial charge on any atom is 0.343 e. The molecule has 1 aliphatic carbocycles. The third-order valence-electron chi connectivity index (χ3n) is 6.12. The number of aryl methyl sites for hydroxylation is 1. The van der Waals surface area contributed by atoms with Gasteiger partial charge in [-0.3, -0.25) is 4.99 Å². The van der Waals surface area contributed by atoms with E-state index in [4.69, 9.17) is 4.74 Å². The van der Waals surface area contributed by atoms with Crippen LogP contribution in [0.25, 0.3) is 0 Å². The van der Waals surface area contributed by atoms with E-state index in [1.165, 1.54) is 36.8 Å². The summed E-state index contributed by atoms with van der Waals surface area (Å²) < 4.78 is 5.53. The third-order valence-corrected chi connectivity index (χ3v) is 6.12. The van der Waals surface area contributed by atoms with E-state index in [0.29, 0.717) is 23.1 Å². The normalized spacial score (nSPS) is 18.6. The van der Waals surface area contributed by atoms with Gasteiger partial charge in [0, 0.05) is 0 Å². The molecule has 0 radical (unpaired) electrons. The average molecular weight is 398 g/mol. The lowest BCUT2D eigenvalue weighted by Crippen LogP contribution is -2.12. The van der Waals surface area contributed by atoms with Crippen molar-refractivity contribution in [3.8, 4) is 5.75 Å². The summed E-state index contributed by atoms with van der Waals surface area (Å²) in [5, 5.41) is 0. The highest BCUT2D eigenvalue weighted by atomic mass is 16.5. The molecule has 0 spiro atoms. The number of ether oxygens (including phenoxy) is 1. The second-order valence-electron chi connectivity index (χ2n) is 8.12. The maximum absolute atomic E-state index is 12.3. The molecule has 1 aliphatic rings. The molecule has 0 N–H and O–H groups in total. The molecule has 0 aliphatic heterocycles. The number of carbonyl (C=O) groups excluding carboxylic acids is 1. The minimum atomic E-state index is -0.319. The van der Waals surface area contributed by atoms with Gasteiger partial charge in [-0.15, -0.1) is 0 Å². The van der Waals surface area contributed by atoms with Crippen LogP contribution in [0.1, 0.15) is 64.6 Å². The molecule has 0 saturated heterocycles. The van der Waals surface area contributed by atoms with Crippen molar-refractivity contribution in [3.63, 3.8) is 0 Å². The number of esters is 1. The fraction of sp³-hybridized carbons (Fsp3) is 0.259. The third kappa shape index (κ3) is 4.68. The largest absolute Gasteiger partial charge is 0.423 e. The number of hydrogen-bond acceptors (Lipinski definition) is 3. The Morgan fingerprint density at radius 1 is 0.800 bits per heavy atom. The Morgan fingerprint density at radius 2 is 1.30 bits per heavy atom. The highest BCUT2D eigenvalue weighted by molar-refractivity contribution is 5.91. The second kappa shape index (κ2) is 9.08. The lowest BCUT2D eigenvalue weighted by molar-refractivity contribution is 0.0734. The van der Waals surface area contributed by atoms with E-state index in [-0.39, 0.29) is 5.97 Å². The van der Waals surface area contributed by atoms with Crippen molar-refractivity contribution in [2.24, 2.45) is 4.99 Å². The Bertz CT molecular complexity index is 996. The van der Waals surface area contributed by atoms with Gasteiger partial charge in [0.25, 0.3) is 0 Å². The molecule has 3 heteroatoms. The molecule has 30 heavy (non-hydrogen) atoms. The van der Waals surface area contributed by atoms with Crippen LogP contribution in [0.15, 0.2) is 77.8 Å². The first-order valence-corrected chi connectivity index (χ1v) is 10.6. The molecule has 0 amide bonds. The summed E-state index contributed by atoms with van der Waals surface area (Å²) in [4.78, 5) is 16.3. The van der Waals surface area contributed by atoms with Crippen LogP contribution in [0, 0.1) is 6.92 Å². The van der Waals surface area contributed by atoms with Gasteiger partial charge in [0.1, 0.15) is 5.75 Å². The fourth-order valence-corrected chi connectivity index (χ4v) is 4.28. The molecule has 3 aromatic carbocycles. The predicted molar refractivity (Wildman–Crippen MR) is 122 cm³/mol. The van der Waals surface area contributed by atoms with E-state index >= 15 is 0 Å². The van der Waals surface area contributed by atoms with Gasteiger partial charge in [-0.05, 0) is 98.7 Å². The summed E-state index contributed by atoms with van der Waals surface area (Å²) in [7, 11) is 0. The first kappa shape index (κ1) is 20.1. The molecule has 4 rings (SSSR count). The van der Waals surface area contributed by atoms with Crippen molar-refractivity contribution in [2.75, 3.05) is 0 Å².